The monoisotopic (exact) mass is 597 g/mol. The Morgan fingerprint density at radius 2 is 2.05 bits per heavy atom. The number of nitrogens with zero attached hydrogens (tertiary/aromatic N) is 4. The fourth-order valence-electron chi connectivity index (χ4n) is 4.91. The highest BCUT2D eigenvalue weighted by Gasteiger charge is 2.48. The molecule has 1 aromatic carbocycles. The van der Waals surface area contributed by atoms with Gasteiger partial charge in [0.1, 0.15) is 23.7 Å². The fraction of sp³-hybridized carbons (Fsp3) is 0.300. The van der Waals surface area contributed by atoms with E-state index in [9.17, 15) is 32.8 Å². The minimum absolute atomic E-state index is 0.0101. The quantitative estimate of drug-likeness (QED) is 0.402. The number of hydrogen-bond acceptors (Lipinski definition) is 5. The zero-order chi connectivity index (χ0) is 30.6. The van der Waals surface area contributed by atoms with Crippen LogP contribution in [0.15, 0.2) is 78.0 Å². The number of carbonyl (C=O) groups is 3. The second kappa shape index (κ2) is 12.6. The van der Waals surface area contributed by atoms with Crippen LogP contribution in [0.2, 0.25) is 0 Å². The van der Waals surface area contributed by atoms with Crippen molar-refractivity contribution in [3.63, 3.8) is 0 Å². The predicted molar refractivity (Wildman–Crippen MR) is 151 cm³/mol. The Labute approximate surface area is 245 Å². The molecule has 8 nitrogen and oxygen atoms in total. The van der Waals surface area contributed by atoms with Crippen molar-refractivity contribution in [2.45, 2.75) is 56.7 Å². The molecule has 1 N–H and O–H groups in total. The number of amides is 3. The van der Waals surface area contributed by atoms with Gasteiger partial charge in [-0.3, -0.25) is 24.2 Å². The summed E-state index contributed by atoms with van der Waals surface area (Å²) in [6.07, 6.45) is 4.83. The summed E-state index contributed by atoms with van der Waals surface area (Å²) in [7, 11) is 0. The Morgan fingerprint density at radius 1 is 1.31 bits per heavy atom. The molecule has 0 spiro atoms. The number of hydrogen-bond donors (Lipinski definition) is 1. The van der Waals surface area contributed by atoms with Crippen molar-refractivity contribution >= 4 is 40.8 Å². The number of alkyl halides is 2. The molecule has 12 heteroatoms. The first-order chi connectivity index (χ1) is 20.0. The molecular formula is C30H27ClF3N5O3. The van der Waals surface area contributed by atoms with Crippen LogP contribution in [0.25, 0.3) is 0 Å². The standard InChI is InChI=1S/C30H27ClF3N5O3/c1-3-4-8-23(31)18(2)27(28(41)37-21-15-30(33,34)16-21)38(22-7-5-6-20(32)14-22)29(42)24-9-10-26(40)39(24)25-13-19(17-35)11-12-36-25/h3-8,11-14,21,24,27H,2,9-10,15-16H2,1H3,(H,37,41)/b4-3-,23-8+/t24-,27-/m0/s1. The van der Waals surface area contributed by atoms with Crippen LogP contribution in [0, 0.1) is 17.1 Å². The van der Waals surface area contributed by atoms with Gasteiger partial charge >= 0.3 is 0 Å². The van der Waals surface area contributed by atoms with E-state index in [-0.39, 0.29) is 40.5 Å². The number of carbonyl (C=O) groups excluding carboxylic acids is 3. The summed E-state index contributed by atoms with van der Waals surface area (Å²) in [6.45, 7) is 5.67. The maximum absolute atomic E-state index is 14.5. The van der Waals surface area contributed by atoms with Crippen molar-refractivity contribution in [1.82, 2.24) is 10.3 Å². The summed E-state index contributed by atoms with van der Waals surface area (Å²) in [5.41, 5.74) is 0.0990. The summed E-state index contributed by atoms with van der Waals surface area (Å²) < 4.78 is 41.7. The normalized spacial score (nSPS) is 19.2. The molecule has 2 aliphatic rings. The molecule has 1 saturated carbocycles. The molecule has 3 amide bonds. The Morgan fingerprint density at radius 3 is 2.69 bits per heavy atom. The maximum Gasteiger partial charge on any atom is 0.252 e. The van der Waals surface area contributed by atoms with Crippen LogP contribution < -0.4 is 15.1 Å². The molecule has 0 bridgehead atoms. The molecule has 0 radical (unpaired) electrons. The predicted octanol–water partition coefficient (Wildman–Crippen LogP) is 5.16. The number of allylic oxidation sites excluding steroid dienone is 3. The molecular weight excluding hydrogens is 571 g/mol. The van der Waals surface area contributed by atoms with E-state index in [0.717, 1.165) is 21.9 Å². The van der Waals surface area contributed by atoms with E-state index in [2.05, 4.69) is 16.9 Å². The van der Waals surface area contributed by atoms with Gasteiger partial charge in [0, 0.05) is 42.2 Å². The van der Waals surface area contributed by atoms with E-state index in [0.29, 0.717) is 0 Å². The number of rotatable bonds is 9. The third-order valence-electron chi connectivity index (χ3n) is 6.96. The fourth-order valence-corrected chi connectivity index (χ4v) is 5.08. The highest BCUT2D eigenvalue weighted by atomic mass is 35.5. The van der Waals surface area contributed by atoms with Gasteiger partial charge < -0.3 is 5.32 Å². The number of aromatic nitrogens is 1. The van der Waals surface area contributed by atoms with Gasteiger partial charge in [0.15, 0.2) is 0 Å². The first-order valence-electron chi connectivity index (χ1n) is 13.1. The van der Waals surface area contributed by atoms with Crippen LogP contribution in [0.4, 0.5) is 24.7 Å². The van der Waals surface area contributed by atoms with E-state index in [1.165, 1.54) is 36.5 Å². The molecule has 2 atom stereocenters. The van der Waals surface area contributed by atoms with Crippen LogP contribution >= 0.6 is 11.6 Å². The molecule has 2 heterocycles. The molecule has 0 unspecified atom stereocenters. The van der Waals surface area contributed by atoms with E-state index in [4.69, 9.17) is 11.6 Å². The van der Waals surface area contributed by atoms with Gasteiger partial charge in [-0.05, 0) is 55.3 Å². The van der Waals surface area contributed by atoms with Crippen LogP contribution in [0.5, 0.6) is 0 Å². The summed E-state index contributed by atoms with van der Waals surface area (Å²) in [5.74, 6) is -5.68. The minimum Gasteiger partial charge on any atom is -0.351 e. The van der Waals surface area contributed by atoms with Gasteiger partial charge in [0.25, 0.3) is 11.8 Å². The van der Waals surface area contributed by atoms with Crippen molar-refractivity contribution in [3.05, 3.63) is 89.4 Å². The van der Waals surface area contributed by atoms with E-state index in [1.54, 1.807) is 19.1 Å². The van der Waals surface area contributed by atoms with Crippen LogP contribution in [-0.2, 0) is 14.4 Å². The van der Waals surface area contributed by atoms with Gasteiger partial charge in [-0.1, -0.05) is 36.4 Å². The van der Waals surface area contributed by atoms with Gasteiger partial charge in [-0.25, -0.2) is 18.2 Å². The Bertz CT molecular complexity index is 1510. The molecule has 2 fully saturated rings. The van der Waals surface area contributed by atoms with E-state index >= 15 is 0 Å². The molecule has 1 aliphatic heterocycles. The van der Waals surface area contributed by atoms with Gasteiger partial charge in [0.05, 0.1) is 11.6 Å². The number of nitrogens with one attached hydrogen (secondary N) is 1. The average Bonchev–Trinajstić information content (AvgIpc) is 3.34. The van der Waals surface area contributed by atoms with Crippen molar-refractivity contribution in [2.24, 2.45) is 0 Å². The van der Waals surface area contributed by atoms with Crippen LogP contribution in [-0.4, -0.2) is 46.8 Å². The van der Waals surface area contributed by atoms with E-state index in [1.807, 2.05) is 6.07 Å². The molecule has 1 aromatic heterocycles. The number of pyridine rings is 1. The lowest BCUT2D eigenvalue weighted by atomic mass is 9.87. The minimum atomic E-state index is -2.93. The van der Waals surface area contributed by atoms with Crippen molar-refractivity contribution in [1.29, 1.82) is 5.26 Å². The summed E-state index contributed by atoms with van der Waals surface area (Å²) in [6, 6.07) is 5.99. The smallest absolute Gasteiger partial charge is 0.252 e. The zero-order valence-electron chi connectivity index (χ0n) is 22.6. The molecule has 42 heavy (non-hydrogen) atoms. The maximum atomic E-state index is 14.5. The molecule has 2 aromatic rings. The SMILES string of the molecule is C=C(/C(Cl)=C\C=C/C)[C@@H](C(=O)NC1CC(F)(F)C1)N(C(=O)[C@@H]1CCC(=O)N1c1cc(C#N)ccn1)c1cccc(F)c1. The second-order valence-corrected chi connectivity index (χ2v) is 10.4. The number of benzene rings is 1. The number of anilines is 2. The summed E-state index contributed by atoms with van der Waals surface area (Å²) in [4.78, 5) is 47.4. The zero-order valence-corrected chi connectivity index (χ0v) is 23.3. The highest BCUT2D eigenvalue weighted by Crippen LogP contribution is 2.38. The first-order valence-corrected chi connectivity index (χ1v) is 13.5. The van der Waals surface area contributed by atoms with Crippen LogP contribution in [0.3, 0.4) is 0 Å². The second-order valence-electron chi connectivity index (χ2n) is 9.96. The average molecular weight is 598 g/mol. The van der Waals surface area contributed by atoms with Crippen molar-refractivity contribution < 1.29 is 27.6 Å². The molecule has 1 aliphatic carbocycles. The number of nitriles is 1. The Balaban J connectivity index is 1.81. The Kier molecular flexibility index (Phi) is 9.17. The van der Waals surface area contributed by atoms with Crippen molar-refractivity contribution in [2.75, 3.05) is 9.80 Å². The lowest BCUT2D eigenvalue weighted by Gasteiger charge is -2.39. The Hall–Kier alpha value is -4.43. The molecule has 1 saturated heterocycles. The molecule has 218 valence electrons. The number of halogens is 4. The summed E-state index contributed by atoms with van der Waals surface area (Å²) in [5, 5.41) is 11.9. The van der Waals surface area contributed by atoms with Crippen LogP contribution in [0.1, 0.15) is 38.2 Å². The van der Waals surface area contributed by atoms with Gasteiger partial charge in [-0.15, -0.1) is 0 Å². The summed E-state index contributed by atoms with van der Waals surface area (Å²) >= 11 is 6.48. The van der Waals surface area contributed by atoms with E-state index < -0.39 is 60.4 Å². The largest absolute Gasteiger partial charge is 0.351 e. The third-order valence-corrected chi connectivity index (χ3v) is 7.33. The van der Waals surface area contributed by atoms with Crippen molar-refractivity contribution in [3.8, 4) is 6.07 Å². The van der Waals surface area contributed by atoms with Gasteiger partial charge in [0.2, 0.25) is 11.8 Å². The lowest BCUT2D eigenvalue weighted by Crippen LogP contribution is -2.59. The first kappa shape index (κ1) is 30.5. The molecule has 4 rings (SSSR count). The third kappa shape index (κ3) is 6.55. The highest BCUT2D eigenvalue weighted by molar-refractivity contribution is 6.32. The topological polar surface area (TPSA) is 106 Å². The van der Waals surface area contributed by atoms with Gasteiger partial charge in [-0.2, -0.15) is 5.26 Å². The lowest BCUT2D eigenvalue weighted by molar-refractivity contribution is -0.132.